The van der Waals surface area contributed by atoms with E-state index in [1.54, 1.807) is 17.4 Å². The van der Waals surface area contributed by atoms with Crippen molar-refractivity contribution in [2.24, 2.45) is 0 Å². The number of amides is 1. The van der Waals surface area contributed by atoms with Crippen LogP contribution in [0.5, 0.6) is 0 Å². The zero-order chi connectivity index (χ0) is 14.2. The minimum absolute atomic E-state index is 0.0832. The third-order valence-corrected chi connectivity index (χ3v) is 3.76. The van der Waals surface area contributed by atoms with E-state index in [0.29, 0.717) is 13.0 Å². The lowest BCUT2D eigenvalue weighted by Gasteiger charge is -2.26. The molecule has 5 nitrogen and oxygen atoms in total. The molecular formula is C16H13N3O2. The van der Waals surface area contributed by atoms with Crippen LogP contribution in [0.25, 0.3) is 11.3 Å². The van der Waals surface area contributed by atoms with Crippen LogP contribution in [0.2, 0.25) is 0 Å². The molecule has 3 heterocycles. The number of hydrogen-bond donors (Lipinski definition) is 1. The highest BCUT2D eigenvalue weighted by molar-refractivity contribution is 5.97. The molecule has 5 heteroatoms. The number of nitrogens with zero attached hydrogens (tertiary/aromatic N) is 2. The Labute approximate surface area is 121 Å². The van der Waals surface area contributed by atoms with Crippen molar-refractivity contribution in [1.29, 1.82) is 0 Å². The second kappa shape index (κ2) is 4.63. The number of furan rings is 1. The molecule has 3 aromatic rings. The second-order valence-corrected chi connectivity index (χ2v) is 5.03. The van der Waals surface area contributed by atoms with Gasteiger partial charge in [0.15, 0.2) is 0 Å². The molecule has 2 aromatic heterocycles. The van der Waals surface area contributed by atoms with E-state index >= 15 is 0 Å². The van der Waals surface area contributed by atoms with Crippen LogP contribution < -0.4 is 4.90 Å². The number of para-hydroxylation sites is 1. The minimum atomic E-state index is 0.0832. The Morgan fingerprint density at radius 3 is 2.81 bits per heavy atom. The quantitative estimate of drug-likeness (QED) is 0.784. The fraction of sp³-hybridized carbons (Fsp3) is 0.125. The second-order valence-electron chi connectivity index (χ2n) is 5.03. The lowest BCUT2D eigenvalue weighted by Crippen LogP contribution is -2.36. The molecule has 0 atom stereocenters. The highest BCUT2D eigenvalue weighted by Crippen LogP contribution is 2.30. The Morgan fingerprint density at radius 1 is 1.19 bits per heavy atom. The average molecular weight is 279 g/mol. The summed E-state index contributed by atoms with van der Waals surface area (Å²) in [7, 11) is 0. The average Bonchev–Trinajstić information content (AvgIpc) is 3.16. The highest BCUT2D eigenvalue weighted by atomic mass is 16.3. The van der Waals surface area contributed by atoms with Crippen molar-refractivity contribution in [3.8, 4) is 11.3 Å². The number of aromatic amines is 1. The van der Waals surface area contributed by atoms with Gasteiger partial charge >= 0.3 is 0 Å². The largest absolute Gasteiger partial charge is 0.472 e. The van der Waals surface area contributed by atoms with Crippen LogP contribution >= 0.6 is 0 Å². The molecule has 4 rings (SSSR count). The third-order valence-electron chi connectivity index (χ3n) is 3.76. The molecule has 104 valence electrons. The normalized spacial score (nSPS) is 14.3. The van der Waals surface area contributed by atoms with Crippen LogP contribution in [0.4, 0.5) is 5.69 Å². The lowest BCUT2D eigenvalue weighted by molar-refractivity contribution is -0.118. The van der Waals surface area contributed by atoms with Gasteiger partial charge in [0, 0.05) is 16.8 Å². The molecule has 21 heavy (non-hydrogen) atoms. The molecule has 0 spiro atoms. The molecule has 0 fully saturated rings. The van der Waals surface area contributed by atoms with E-state index in [2.05, 4.69) is 10.2 Å². The fourth-order valence-corrected chi connectivity index (χ4v) is 2.70. The van der Waals surface area contributed by atoms with Gasteiger partial charge < -0.3 is 9.32 Å². The zero-order valence-electron chi connectivity index (χ0n) is 11.2. The Bertz CT molecular complexity index is 775. The van der Waals surface area contributed by atoms with E-state index < -0.39 is 0 Å². The standard InChI is InChI=1S/C16H13N3O2/c20-15-8-13-14(9-19(15)12-4-2-1-3-5-12)17-18-16(13)11-6-7-21-10-11/h1-7,10H,8-9H2,(H,17,18). The van der Waals surface area contributed by atoms with Crippen LogP contribution in [-0.4, -0.2) is 16.1 Å². The maximum Gasteiger partial charge on any atom is 0.231 e. The van der Waals surface area contributed by atoms with E-state index in [0.717, 1.165) is 28.2 Å². The molecular weight excluding hydrogens is 266 g/mol. The van der Waals surface area contributed by atoms with Gasteiger partial charge in [-0.3, -0.25) is 9.89 Å². The lowest BCUT2D eigenvalue weighted by atomic mass is 10.0. The maximum atomic E-state index is 12.4. The monoisotopic (exact) mass is 279 g/mol. The van der Waals surface area contributed by atoms with Crippen molar-refractivity contribution in [3.63, 3.8) is 0 Å². The van der Waals surface area contributed by atoms with Crippen molar-refractivity contribution in [1.82, 2.24) is 10.2 Å². The molecule has 1 aromatic carbocycles. The summed E-state index contributed by atoms with van der Waals surface area (Å²) in [5.74, 6) is 0.0832. The van der Waals surface area contributed by atoms with Crippen molar-refractivity contribution in [3.05, 3.63) is 60.2 Å². The summed E-state index contributed by atoms with van der Waals surface area (Å²) in [5.41, 5.74) is 4.56. The van der Waals surface area contributed by atoms with Crippen LogP contribution in [0.3, 0.4) is 0 Å². The predicted octanol–water partition coefficient (Wildman–Crippen LogP) is 2.76. The molecule has 0 unspecified atom stereocenters. The molecule has 1 N–H and O–H groups in total. The topological polar surface area (TPSA) is 62.1 Å². The first-order chi connectivity index (χ1) is 10.3. The van der Waals surface area contributed by atoms with Crippen molar-refractivity contribution >= 4 is 11.6 Å². The zero-order valence-corrected chi connectivity index (χ0v) is 11.2. The number of benzene rings is 1. The molecule has 0 saturated carbocycles. The van der Waals surface area contributed by atoms with E-state index in [-0.39, 0.29) is 5.91 Å². The molecule has 0 saturated heterocycles. The molecule has 1 aliphatic rings. The number of rotatable bonds is 2. The van der Waals surface area contributed by atoms with Gasteiger partial charge in [0.05, 0.1) is 36.9 Å². The van der Waals surface area contributed by atoms with E-state index in [9.17, 15) is 4.79 Å². The van der Waals surface area contributed by atoms with Crippen molar-refractivity contribution in [2.45, 2.75) is 13.0 Å². The maximum absolute atomic E-state index is 12.4. The van der Waals surface area contributed by atoms with Crippen LogP contribution in [0.1, 0.15) is 11.3 Å². The first-order valence-corrected chi connectivity index (χ1v) is 6.77. The third kappa shape index (κ3) is 1.94. The summed E-state index contributed by atoms with van der Waals surface area (Å²) >= 11 is 0. The van der Waals surface area contributed by atoms with E-state index in [1.165, 1.54) is 0 Å². The van der Waals surface area contributed by atoms with Gasteiger partial charge in [-0.25, -0.2) is 0 Å². The number of anilines is 1. The van der Waals surface area contributed by atoms with Crippen molar-refractivity contribution < 1.29 is 9.21 Å². The summed E-state index contributed by atoms with van der Waals surface area (Å²) in [5, 5.41) is 7.39. The Hall–Kier alpha value is -2.82. The number of hydrogen-bond acceptors (Lipinski definition) is 3. The van der Waals surface area contributed by atoms with Gasteiger partial charge in [-0.2, -0.15) is 5.10 Å². The van der Waals surface area contributed by atoms with E-state index in [1.807, 2.05) is 36.4 Å². The van der Waals surface area contributed by atoms with Gasteiger partial charge in [0.25, 0.3) is 0 Å². The van der Waals surface area contributed by atoms with Gasteiger partial charge in [-0.1, -0.05) is 18.2 Å². The number of fused-ring (bicyclic) bond motifs is 1. The first-order valence-electron chi connectivity index (χ1n) is 6.77. The fourth-order valence-electron chi connectivity index (χ4n) is 2.70. The summed E-state index contributed by atoms with van der Waals surface area (Å²) in [6, 6.07) is 11.5. The summed E-state index contributed by atoms with van der Waals surface area (Å²) < 4.78 is 5.10. The minimum Gasteiger partial charge on any atom is -0.472 e. The van der Waals surface area contributed by atoms with Crippen molar-refractivity contribution in [2.75, 3.05) is 4.90 Å². The number of carbonyl (C=O) groups excluding carboxylic acids is 1. The number of H-pyrrole nitrogens is 1. The number of carbonyl (C=O) groups is 1. The number of nitrogens with one attached hydrogen (secondary N) is 1. The van der Waals surface area contributed by atoms with E-state index in [4.69, 9.17) is 4.42 Å². The predicted molar refractivity (Wildman–Crippen MR) is 77.6 cm³/mol. The van der Waals surface area contributed by atoms with Gasteiger partial charge in [0.2, 0.25) is 5.91 Å². The summed E-state index contributed by atoms with van der Waals surface area (Å²) in [6.07, 6.45) is 3.60. The van der Waals surface area contributed by atoms with Gasteiger partial charge in [-0.05, 0) is 18.2 Å². The molecule has 1 amide bonds. The summed E-state index contributed by atoms with van der Waals surface area (Å²) in [6.45, 7) is 0.517. The first kappa shape index (κ1) is 12.0. The Morgan fingerprint density at radius 2 is 2.05 bits per heavy atom. The molecule has 0 bridgehead atoms. The number of aromatic nitrogens is 2. The van der Waals surface area contributed by atoms with Crippen LogP contribution in [-0.2, 0) is 17.8 Å². The van der Waals surface area contributed by atoms with Gasteiger partial charge in [0.1, 0.15) is 0 Å². The summed E-state index contributed by atoms with van der Waals surface area (Å²) in [4.78, 5) is 14.2. The Kier molecular flexibility index (Phi) is 2.64. The molecule has 1 aliphatic heterocycles. The molecule has 0 radical (unpaired) electrons. The SMILES string of the molecule is O=C1Cc2c(-c3ccoc3)n[nH]c2CN1c1ccccc1. The van der Waals surface area contributed by atoms with Crippen LogP contribution in [0, 0.1) is 0 Å². The smallest absolute Gasteiger partial charge is 0.231 e. The Balaban J connectivity index is 1.72. The van der Waals surface area contributed by atoms with Gasteiger partial charge in [-0.15, -0.1) is 0 Å². The highest BCUT2D eigenvalue weighted by Gasteiger charge is 2.28. The van der Waals surface area contributed by atoms with Crippen LogP contribution in [0.15, 0.2) is 53.3 Å². The molecule has 0 aliphatic carbocycles.